The SMILES string of the molecule is Cc1cc(C(=O)CN2CCC[C@@H]2C(N)=O)c(C)n1-c1ccc(Cl)cc1. The fraction of sp³-hybridized carbons (Fsp3) is 0.368. The zero-order valence-electron chi connectivity index (χ0n) is 14.5. The Morgan fingerprint density at radius 1 is 1.24 bits per heavy atom. The molecule has 1 atom stereocenters. The number of benzene rings is 1. The number of rotatable bonds is 5. The number of halogens is 1. The number of nitrogens with two attached hydrogens (primary N) is 1. The first-order valence-electron chi connectivity index (χ1n) is 8.40. The van der Waals surface area contributed by atoms with E-state index in [-0.39, 0.29) is 24.3 Å². The largest absolute Gasteiger partial charge is 0.368 e. The fourth-order valence-electron chi connectivity index (χ4n) is 3.64. The second-order valence-electron chi connectivity index (χ2n) is 6.55. The Balaban J connectivity index is 1.86. The van der Waals surface area contributed by atoms with Crippen molar-refractivity contribution in [2.75, 3.05) is 13.1 Å². The summed E-state index contributed by atoms with van der Waals surface area (Å²) in [4.78, 5) is 26.2. The number of amides is 1. The summed E-state index contributed by atoms with van der Waals surface area (Å²) in [5, 5.41) is 0.675. The first-order chi connectivity index (χ1) is 11.9. The molecular weight excluding hydrogens is 338 g/mol. The lowest BCUT2D eigenvalue weighted by Crippen LogP contribution is -2.42. The Morgan fingerprint density at radius 3 is 2.56 bits per heavy atom. The normalized spacial score (nSPS) is 17.8. The highest BCUT2D eigenvalue weighted by atomic mass is 35.5. The summed E-state index contributed by atoms with van der Waals surface area (Å²) in [6.45, 7) is 4.86. The molecule has 0 radical (unpaired) electrons. The van der Waals surface area contributed by atoms with Crippen molar-refractivity contribution in [3.8, 4) is 5.69 Å². The van der Waals surface area contributed by atoms with Gasteiger partial charge in [0, 0.05) is 27.7 Å². The number of aromatic nitrogens is 1. The van der Waals surface area contributed by atoms with Gasteiger partial charge in [0.1, 0.15) is 0 Å². The van der Waals surface area contributed by atoms with Gasteiger partial charge in [-0.25, -0.2) is 0 Å². The van der Waals surface area contributed by atoms with Crippen LogP contribution >= 0.6 is 11.6 Å². The number of hydrogen-bond donors (Lipinski definition) is 1. The van der Waals surface area contributed by atoms with E-state index in [9.17, 15) is 9.59 Å². The van der Waals surface area contributed by atoms with E-state index >= 15 is 0 Å². The first kappa shape index (κ1) is 17.7. The van der Waals surface area contributed by atoms with Crippen LogP contribution in [0.3, 0.4) is 0 Å². The molecule has 2 aromatic rings. The predicted octanol–water partition coefficient (Wildman–Crippen LogP) is 2.88. The van der Waals surface area contributed by atoms with Crippen LogP contribution in [0, 0.1) is 13.8 Å². The van der Waals surface area contributed by atoms with Gasteiger partial charge in [-0.15, -0.1) is 0 Å². The molecule has 132 valence electrons. The lowest BCUT2D eigenvalue weighted by Gasteiger charge is -2.20. The van der Waals surface area contributed by atoms with Crippen molar-refractivity contribution in [3.63, 3.8) is 0 Å². The van der Waals surface area contributed by atoms with Gasteiger partial charge < -0.3 is 10.3 Å². The Morgan fingerprint density at radius 2 is 1.92 bits per heavy atom. The van der Waals surface area contributed by atoms with Crippen LogP contribution in [0.15, 0.2) is 30.3 Å². The molecule has 1 aliphatic heterocycles. The second-order valence-corrected chi connectivity index (χ2v) is 6.99. The molecule has 25 heavy (non-hydrogen) atoms. The average Bonchev–Trinajstić information content (AvgIpc) is 3.13. The summed E-state index contributed by atoms with van der Waals surface area (Å²) in [7, 11) is 0. The van der Waals surface area contributed by atoms with Gasteiger partial charge in [-0.1, -0.05) is 11.6 Å². The quantitative estimate of drug-likeness (QED) is 0.834. The minimum Gasteiger partial charge on any atom is -0.368 e. The smallest absolute Gasteiger partial charge is 0.234 e. The van der Waals surface area contributed by atoms with E-state index in [4.69, 9.17) is 17.3 Å². The fourth-order valence-corrected chi connectivity index (χ4v) is 3.77. The standard InChI is InChI=1S/C19H22ClN3O2/c1-12-10-16(13(2)23(12)15-7-5-14(20)6-8-15)18(24)11-22-9-3-4-17(22)19(21)25/h5-8,10,17H,3-4,9,11H2,1-2H3,(H2,21,25)/t17-/m1/s1. The first-order valence-corrected chi connectivity index (χ1v) is 8.77. The Labute approximate surface area is 152 Å². The highest BCUT2D eigenvalue weighted by Crippen LogP contribution is 2.24. The Hall–Kier alpha value is -2.11. The molecule has 1 fully saturated rings. The van der Waals surface area contributed by atoms with Crippen LogP contribution in [0.25, 0.3) is 5.69 Å². The van der Waals surface area contributed by atoms with E-state index in [1.54, 1.807) is 0 Å². The van der Waals surface area contributed by atoms with Gasteiger partial charge in [0.2, 0.25) is 5.91 Å². The number of ketones is 1. The highest BCUT2D eigenvalue weighted by Gasteiger charge is 2.31. The number of hydrogen-bond acceptors (Lipinski definition) is 3. The van der Waals surface area contributed by atoms with E-state index in [2.05, 4.69) is 0 Å². The van der Waals surface area contributed by atoms with Crippen molar-refractivity contribution in [2.45, 2.75) is 32.7 Å². The van der Waals surface area contributed by atoms with Crippen molar-refractivity contribution in [3.05, 3.63) is 52.3 Å². The minimum atomic E-state index is -0.350. The number of carbonyl (C=O) groups is 2. The molecule has 1 saturated heterocycles. The number of carbonyl (C=O) groups excluding carboxylic acids is 2. The molecule has 0 saturated carbocycles. The molecule has 3 rings (SSSR count). The third kappa shape index (κ3) is 3.48. The molecule has 2 N–H and O–H groups in total. The van der Waals surface area contributed by atoms with Crippen LogP contribution in [0.5, 0.6) is 0 Å². The predicted molar refractivity (Wildman–Crippen MR) is 98.4 cm³/mol. The lowest BCUT2D eigenvalue weighted by molar-refractivity contribution is -0.122. The Kier molecular flexibility index (Phi) is 4.97. The van der Waals surface area contributed by atoms with Gasteiger partial charge in [-0.3, -0.25) is 14.5 Å². The maximum Gasteiger partial charge on any atom is 0.234 e. The zero-order chi connectivity index (χ0) is 18.1. The van der Waals surface area contributed by atoms with Gasteiger partial charge in [0.15, 0.2) is 5.78 Å². The van der Waals surface area contributed by atoms with Crippen molar-refractivity contribution in [2.24, 2.45) is 5.73 Å². The number of likely N-dealkylation sites (tertiary alicyclic amines) is 1. The van der Waals surface area contributed by atoms with Crippen molar-refractivity contribution < 1.29 is 9.59 Å². The number of Topliss-reactive ketones (excluding diaryl/α,β-unsaturated/α-hetero) is 1. The van der Waals surface area contributed by atoms with E-state index in [0.717, 1.165) is 36.5 Å². The summed E-state index contributed by atoms with van der Waals surface area (Å²) < 4.78 is 2.04. The van der Waals surface area contributed by atoms with Crippen LogP contribution in [-0.2, 0) is 4.79 Å². The van der Waals surface area contributed by atoms with E-state index < -0.39 is 0 Å². The molecule has 6 heteroatoms. The van der Waals surface area contributed by atoms with Crippen LogP contribution in [0.1, 0.15) is 34.6 Å². The van der Waals surface area contributed by atoms with Gasteiger partial charge in [-0.2, -0.15) is 0 Å². The van der Waals surface area contributed by atoms with Gasteiger partial charge >= 0.3 is 0 Å². The topological polar surface area (TPSA) is 68.3 Å². The summed E-state index contributed by atoms with van der Waals surface area (Å²) in [5.74, 6) is -0.335. The second kappa shape index (κ2) is 7.02. The van der Waals surface area contributed by atoms with Crippen LogP contribution in [0.2, 0.25) is 5.02 Å². The summed E-state index contributed by atoms with van der Waals surface area (Å²) >= 11 is 5.96. The maximum atomic E-state index is 12.8. The molecule has 1 amide bonds. The molecule has 5 nitrogen and oxygen atoms in total. The molecule has 2 heterocycles. The molecule has 0 bridgehead atoms. The van der Waals surface area contributed by atoms with Crippen molar-refractivity contribution in [1.29, 1.82) is 0 Å². The number of nitrogens with zero attached hydrogens (tertiary/aromatic N) is 2. The maximum absolute atomic E-state index is 12.8. The molecule has 0 spiro atoms. The monoisotopic (exact) mass is 359 g/mol. The van der Waals surface area contributed by atoms with Gasteiger partial charge in [0.05, 0.1) is 12.6 Å². The molecule has 1 aliphatic rings. The zero-order valence-corrected chi connectivity index (χ0v) is 15.2. The summed E-state index contributed by atoms with van der Waals surface area (Å²) in [6.07, 6.45) is 1.62. The highest BCUT2D eigenvalue weighted by molar-refractivity contribution is 6.30. The molecule has 1 aromatic carbocycles. The molecule has 1 aromatic heterocycles. The van der Waals surface area contributed by atoms with Crippen molar-refractivity contribution >= 4 is 23.3 Å². The van der Waals surface area contributed by atoms with E-state index in [1.807, 2.05) is 53.6 Å². The summed E-state index contributed by atoms with van der Waals surface area (Å²) in [6, 6.07) is 9.10. The van der Waals surface area contributed by atoms with E-state index in [0.29, 0.717) is 10.6 Å². The molecule has 0 aliphatic carbocycles. The van der Waals surface area contributed by atoms with Crippen LogP contribution in [0.4, 0.5) is 0 Å². The Bertz CT molecular complexity index is 811. The molecule has 0 unspecified atom stereocenters. The van der Waals surface area contributed by atoms with E-state index in [1.165, 1.54) is 0 Å². The average molecular weight is 360 g/mol. The third-order valence-corrected chi connectivity index (χ3v) is 5.11. The van der Waals surface area contributed by atoms with Gasteiger partial charge in [0.25, 0.3) is 0 Å². The third-order valence-electron chi connectivity index (χ3n) is 4.86. The molecular formula is C19H22ClN3O2. The lowest BCUT2D eigenvalue weighted by atomic mass is 10.1. The minimum absolute atomic E-state index is 0.0152. The van der Waals surface area contributed by atoms with Crippen LogP contribution < -0.4 is 5.73 Å². The number of primary amides is 1. The summed E-state index contributed by atoms with van der Waals surface area (Å²) in [5.41, 5.74) is 8.96. The number of aryl methyl sites for hydroxylation is 1. The van der Waals surface area contributed by atoms with Crippen LogP contribution in [-0.4, -0.2) is 40.3 Å². The van der Waals surface area contributed by atoms with Crippen molar-refractivity contribution in [1.82, 2.24) is 9.47 Å². The van der Waals surface area contributed by atoms with Gasteiger partial charge in [-0.05, 0) is 63.6 Å².